The summed E-state index contributed by atoms with van der Waals surface area (Å²) < 4.78 is 0. The van der Waals surface area contributed by atoms with E-state index in [9.17, 15) is 0 Å². The van der Waals surface area contributed by atoms with Crippen LogP contribution >= 0.6 is 0 Å². The molecule has 3 nitrogen and oxygen atoms in total. The molecule has 3 N–H and O–H groups in total. The zero-order valence-corrected chi connectivity index (χ0v) is 9.55. The number of aliphatic hydroxyl groups excluding tert-OH is 1. The van der Waals surface area contributed by atoms with Gasteiger partial charge < -0.3 is 10.8 Å². The molecule has 0 aromatic heterocycles. The van der Waals surface area contributed by atoms with E-state index in [1.54, 1.807) is 0 Å². The van der Waals surface area contributed by atoms with Crippen LogP contribution in [-0.2, 0) is 6.54 Å². The number of piperidine rings is 1. The second-order valence-electron chi connectivity index (χ2n) is 4.62. The van der Waals surface area contributed by atoms with Crippen LogP contribution in [0.1, 0.15) is 12.0 Å². The molecule has 16 heavy (non-hydrogen) atoms. The van der Waals surface area contributed by atoms with Gasteiger partial charge in [-0.15, -0.1) is 0 Å². The SMILES string of the molecule is N[C@H]1CN(Cc2ccccc2)CC[C@@H]1CO. The molecule has 2 atom stereocenters. The summed E-state index contributed by atoms with van der Waals surface area (Å²) in [5.41, 5.74) is 7.36. The molecule has 0 amide bonds. The predicted octanol–water partition coefficient (Wildman–Crippen LogP) is 0.828. The van der Waals surface area contributed by atoms with Gasteiger partial charge in [-0.05, 0) is 24.4 Å². The maximum Gasteiger partial charge on any atom is 0.0475 e. The summed E-state index contributed by atoms with van der Waals surface area (Å²) in [6, 6.07) is 10.6. The molecule has 1 saturated heterocycles. The van der Waals surface area contributed by atoms with Crippen LogP contribution in [0.2, 0.25) is 0 Å². The summed E-state index contributed by atoms with van der Waals surface area (Å²) in [5, 5.41) is 9.14. The van der Waals surface area contributed by atoms with Gasteiger partial charge in [0.25, 0.3) is 0 Å². The lowest BCUT2D eigenvalue weighted by atomic mass is 9.93. The van der Waals surface area contributed by atoms with Crippen molar-refractivity contribution in [2.45, 2.75) is 19.0 Å². The Bertz CT molecular complexity index is 315. The number of hydrogen-bond acceptors (Lipinski definition) is 3. The molecule has 0 unspecified atom stereocenters. The van der Waals surface area contributed by atoms with Crippen molar-refractivity contribution in [3.05, 3.63) is 35.9 Å². The molecular weight excluding hydrogens is 200 g/mol. The standard InChI is InChI=1S/C13H20N2O/c14-13-9-15(7-6-12(13)10-16)8-11-4-2-1-3-5-11/h1-5,12-13,16H,6-10,14H2/t12-,13+/m1/s1. The van der Waals surface area contributed by atoms with Crippen molar-refractivity contribution >= 4 is 0 Å². The van der Waals surface area contributed by atoms with Gasteiger partial charge in [0.1, 0.15) is 0 Å². The number of nitrogens with two attached hydrogens (primary N) is 1. The van der Waals surface area contributed by atoms with Crippen molar-refractivity contribution in [1.29, 1.82) is 0 Å². The second kappa shape index (κ2) is 5.43. The molecule has 1 aliphatic rings. The summed E-state index contributed by atoms with van der Waals surface area (Å²) in [6.45, 7) is 3.11. The summed E-state index contributed by atoms with van der Waals surface area (Å²) in [7, 11) is 0. The predicted molar refractivity (Wildman–Crippen MR) is 64.9 cm³/mol. The smallest absolute Gasteiger partial charge is 0.0475 e. The van der Waals surface area contributed by atoms with E-state index in [1.165, 1.54) is 5.56 Å². The number of likely N-dealkylation sites (tertiary alicyclic amines) is 1. The summed E-state index contributed by atoms with van der Waals surface area (Å²) in [4.78, 5) is 2.37. The van der Waals surface area contributed by atoms with Gasteiger partial charge in [0.2, 0.25) is 0 Å². The first-order valence-electron chi connectivity index (χ1n) is 5.92. The van der Waals surface area contributed by atoms with Crippen LogP contribution in [0.15, 0.2) is 30.3 Å². The molecule has 0 bridgehead atoms. The third kappa shape index (κ3) is 2.82. The minimum Gasteiger partial charge on any atom is -0.396 e. The van der Waals surface area contributed by atoms with Gasteiger partial charge in [0, 0.05) is 25.7 Å². The third-order valence-corrected chi connectivity index (χ3v) is 3.37. The highest BCUT2D eigenvalue weighted by Gasteiger charge is 2.25. The zero-order valence-electron chi connectivity index (χ0n) is 9.55. The fourth-order valence-electron chi connectivity index (χ4n) is 2.31. The molecule has 1 aromatic rings. The average Bonchev–Trinajstić information content (AvgIpc) is 2.31. The van der Waals surface area contributed by atoms with Gasteiger partial charge in [-0.1, -0.05) is 30.3 Å². The van der Waals surface area contributed by atoms with E-state index < -0.39 is 0 Å². The molecule has 88 valence electrons. The van der Waals surface area contributed by atoms with Gasteiger partial charge >= 0.3 is 0 Å². The Hall–Kier alpha value is -0.900. The second-order valence-corrected chi connectivity index (χ2v) is 4.62. The zero-order chi connectivity index (χ0) is 11.4. The van der Waals surface area contributed by atoms with Gasteiger partial charge in [-0.2, -0.15) is 0 Å². The van der Waals surface area contributed by atoms with Gasteiger partial charge in [0.05, 0.1) is 0 Å². The minimum atomic E-state index is 0.113. The topological polar surface area (TPSA) is 49.5 Å². The minimum absolute atomic E-state index is 0.113. The average molecular weight is 220 g/mol. The molecule has 1 aromatic carbocycles. The molecular formula is C13H20N2O. The summed E-state index contributed by atoms with van der Waals surface area (Å²) in [6.07, 6.45) is 1.00. The first-order valence-corrected chi connectivity index (χ1v) is 5.92. The van der Waals surface area contributed by atoms with Crippen molar-refractivity contribution in [1.82, 2.24) is 4.90 Å². The van der Waals surface area contributed by atoms with Crippen LogP contribution in [0.5, 0.6) is 0 Å². The fourth-order valence-corrected chi connectivity index (χ4v) is 2.31. The Kier molecular flexibility index (Phi) is 3.93. The van der Waals surface area contributed by atoms with E-state index in [1.807, 2.05) is 6.07 Å². The maximum atomic E-state index is 9.14. The highest BCUT2D eigenvalue weighted by molar-refractivity contribution is 5.14. The van der Waals surface area contributed by atoms with E-state index in [4.69, 9.17) is 10.8 Å². The summed E-state index contributed by atoms with van der Waals surface area (Å²) in [5.74, 6) is 0.284. The first kappa shape index (κ1) is 11.6. The van der Waals surface area contributed by atoms with E-state index >= 15 is 0 Å². The van der Waals surface area contributed by atoms with Crippen molar-refractivity contribution in [3.8, 4) is 0 Å². The van der Waals surface area contributed by atoms with Gasteiger partial charge in [-0.25, -0.2) is 0 Å². The fraction of sp³-hybridized carbons (Fsp3) is 0.538. The molecule has 2 rings (SSSR count). The molecule has 0 radical (unpaired) electrons. The number of aliphatic hydroxyl groups is 1. The lowest BCUT2D eigenvalue weighted by molar-refractivity contribution is 0.107. The van der Waals surface area contributed by atoms with E-state index in [2.05, 4.69) is 29.2 Å². The Labute approximate surface area is 96.9 Å². The molecule has 1 heterocycles. The quantitative estimate of drug-likeness (QED) is 0.793. The molecule has 3 heteroatoms. The number of hydrogen-bond donors (Lipinski definition) is 2. The Morgan fingerprint density at radius 2 is 2.06 bits per heavy atom. The Balaban J connectivity index is 1.89. The highest BCUT2D eigenvalue weighted by Crippen LogP contribution is 2.17. The monoisotopic (exact) mass is 220 g/mol. The van der Waals surface area contributed by atoms with Crippen LogP contribution in [0.3, 0.4) is 0 Å². The number of benzene rings is 1. The normalized spacial score (nSPS) is 26.9. The largest absolute Gasteiger partial charge is 0.396 e. The molecule has 0 aliphatic carbocycles. The van der Waals surface area contributed by atoms with Crippen molar-refractivity contribution in [2.75, 3.05) is 19.7 Å². The van der Waals surface area contributed by atoms with Gasteiger partial charge in [-0.3, -0.25) is 4.90 Å². The van der Waals surface area contributed by atoms with Crippen LogP contribution in [-0.4, -0.2) is 35.7 Å². The highest BCUT2D eigenvalue weighted by atomic mass is 16.3. The van der Waals surface area contributed by atoms with E-state index in [0.29, 0.717) is 0 Å². The van der Waals surface area contributed by atoms with E-state index in [-0.39, 0.29) is 18.6 Å². The molecule has 0 saturated carbocycles. The van der Waals surface area contributed by atoms with Crippen LogP contribution in [0.25, 0.3) is 0 Å². The van der Waals surface area contributed by atoms with Crippen molar-refractivity contribution in [2.24, 2.45) is 11.7 Å². The van der Waals surface area contributed by atoms with Crippen LogP contribution in [0.4, 0.5) is 0 Å². The molecule has 1 fully saturated rings. The Morgan fingerprint density at radius 1 is 1.31 bits per heavy atom. The van der Waals surface area contributed by atoms with Crippen molar-refractivity contribution < 1.29 is 5.11 Å². The lowest BCUT2D eigenvalue weighted by Crippen LogP contribution is -2.49. The first-order chi connectivity index (χ1) is 7.79. The van der Waals surface area contributed by atoms with Crippen molar-refractivity contribution in [3.63, 3.8) is 0 Å². The van der Waals surface area contributed by atoms with Gasteiger partial charge in [0.15, 0.2) is 0 Å². The molecule has 0 spiro atoms. The van der Waals surface area contributed by atoms with Crippen LogP contribution in [0, 0.1) is 5.92 Å². The van der Waals surface area contributed by atoms with E-state index in [0.717, 1.165) is 26.1 Å². The lowest BCUT2D eigenvalue weighted by Gasteiger charge is -2.35. The van der Waals surface area contributed by atoms with Crippen LogP contribution < -0.4 is 5.73 Å². The number of rotatable bonds is 3. The maximum absolute atomic E-state index is 9.14. The summed E-state index contributed by atoms with van der Waals surface area (Å²) >= 11 is 0. The third-order valence-electron chi connectivity index (χ3n) is 3.37. The number of nitrogens with zero attached hydrogens (tertiary/aromatic N) is 1. The Morgan fingerprint density at radius 3 is 2.69 bits per heavy atom. The molecule has 1 aliphatic heterocycles.